The van der Waals surface area contributed by atoms with Crippen molar-refractivity contribution in [2.45, 2.75) is 39.0 Å². The quantitative estimate of drug-likeness (QED) is 0.772. The van der Waals surface area contributed by atoms with Crippen LogP contribution in [0.5, 0.6) is 0 Å². The Morgan fingerprint density at radius 1 is 1.35 bits per heavy atom. The minimum Gasteiger partial charge on any atom is -0.481 e. The van der Waals surface area contributed by atoms with Gasteiger partial charge >= 0.3 is 5.97 Å². The van der Waals surface area contributed by atoms with Crippen LogP contribution in [0.2, 0.25) is 0 Å². The third kappa shape index (κ3) is 3.43. The Labute approximate surface area is 117 Å². The second kappa shape index (κ2) is 6.31. The van der Waals surface area contributed by atoms with Gasteiger partial charge in [0.25, 0.3) is 0 Å². The molecule has 2 aromatic rings. The van der Waals surface area contributed by atoms with Crippen molar-refractivity contribution in [3.63, 3.8) is 0 Å². The lowest BCUT2D eigenvalue weighted by atomic mass is 10.1. The number of rotatable bonds is 7. The van der Waals surface area contributed by atoms with Crippen molar-refractivity contribution in [2.75, 3.05) is 0 Å². The van der Waals surface area contributed by atoms with Crippen LogP contribution in [0, 0.1) is 0 Å². The Bertz CT molecular complexity index is 587. The van der Waals surface area contributed by atoms with E-state index in [1.807, 2.05) is 19.4 Å². The molecule has 2 rings (SSSR count). The Balaban J connectivity index is 1.99. The molecule has 0 radical (unpaired) electrons. The third-order valence-electron chi connectivity index (χ3n) is 3.08. The molecule has 0 unspecified atom stereocenters. The van der Waals surface area contributed by atoms with Gasteiger partial charge in [0.1, 0.15) is 5.69 Å². The number of hydrogen-bond acceptors (Lipinski definition) is 4. The van der Waals surface area contributed by atoms with Crippen LogP contribution in [-0.4, -0.2) is 35.9 Å². The van der Waals surface area contributed by atoms with Crippen LogP contribution in [-0.2, 0) is 24.7 Å². The van der Waals surface area contributed by atoms with Gasteiger partial charge in [-0.1, -0.05) is 12.1 Å². The van der Waals surface area contributed by atoms with Crippen LogP contribution in [0.1, 0.15) is 37.6 Å². The van der Waals surface area contributed by atoms with Gasteiger partial charge in [-0.25, -0.2) is 4.68 Å². The van der Waals surface area contributed by atoms with Crippen LogP contribution in [0.3, 0.4) is 0 Å². The zero-order chi connectivity index (χ0) is 14.5. The van der Waals surface area contributed by atoms with E-state index in [-0.39, 0.29) is 6.42 Å². The van der Waals surface area contributed by atoms with Crippen molar-refractivity contribution in [1.82, 2.24) is 24.8 Å². The summed E-state index contributed by atoms with van der Waals surface area (Å²) in [5.41, 5.74) is 2.80. The van der Waals surface area contributed by atoms with Crippen molar-refractivity contribution in [3.8, 4) is 5.69 Å². The number of aromatic nitrogens is 5. The van der Waals surface area contributed by atoms with E-state index >= 15 is 0 Å². The summed E-state index contributed by atoms with van der Waals surface area (Å²) in [4.78, 5) is 10.4. The summed E-state index contributed by atoms with van der Waals surface area (Å²) in [6.45, 7) is 2.05. The van der Waals surface area contributed by atoms with Crippen LogP contribution < -0.4 is 0 Å². The van der Waals surface area contributed by atoms with Gasteiger partial charge in [0.15, 0.2) is 0 Å². The third-order valence-corrected chi connectivity index (χ3v) is 3.08. The summed E-state index contributed by atoms with van der Waals surface area (Å²) >= 11 is 0. The molecule has 0 bridgehead atoms. The first-order valence-corrected chi connectivity index (χ1v) is 6.76. The number of aliphatic carboxylic acids is 1. The molecule has 7 heteroatoms. The van der Waals surface area contributed by atoms with Gasteiger partial charge in [-0.2, -0.15) is 5.10 Å². The number of unbranched alkanes of at least 4 members (excludes halogenated alkanes) is 1. The average molecular weight is 277 g/mol. The van der Waals surface area contributed by atoms with Crippen LogP contribution >= 0.6 is 0 Å². The van der Waals surface area contributed by atoms with E-state index in [1.54, 1.807) is 9.36 Å². The monoisotopic (exact) mass is 277 g/mol. The summed E-state index contributed by atoms with van der Waals surface area (Å²) < 4.78 is 3.50. The Hall–Kier alpha value is -2.18. The summed E-state index contributed by atoms with van der Waals surface area (Å²) in [5.74, 6) is -0.753. The second-order valence-corrected chi connectivity index (χ2v) is 4.74. The Kier molecular flexibility index (Phi) is 4.49. The highest BCUT2D eigenvalue weighted by Gasteiger charge is 2.10. The summed E-state index contributed by atoms with van der Waals surface area (Å²) in [5, 5.41) is 21.2. The zero-order valence-corrected chi connectivity index (χ0v) is 11.8. The molecule has 0 aromatic carbocycles. The van der Waals surface area contributed by atoms with Crippen molar-refractivity contribution in [3.05, 3.63) is 23.8 Å². The number of carboxylic acid groups (broad SMARTS) is 1. The predicted molar refractivity (Wildman–Crippen MR) is 72.7 cm³/mol. The summed E-state index contributed by atoms with van der Waals surface area (Å²) in [6, 6.07) is 0. The van der Waals surface area contributed by atoms with Crippen molar-refractivity contribution < 1.29 is 9.90 Å². The standard InChI is InChI=1S/C13H19N5O2/c1-3-11-12(9-17(2)15-11)18-8-10(14-16-18)6-4-5-7-13(19)20/h8-9H,3-7H2,1-2H3,(H,19,20). The molecule has 2 heterocycles. The second-order valence-electron chi connectivity index (χ2n) is 4.74. The van der Waals surface area contributed by atoms with E-state index in [9.17, 15) is 4.79 Å². The van der Waals surface area contributed by atoms with Crippen molar-refractivity contribution in [1.29, 1.82) is 0 Å². The van der Waals surface area contributed by atoms with Gasteiger partial charge in [-0.05, 0) is 25.7 Å². The molecule has 7 nitrogen and oxygen atoms in total. The van der Waals surface area contributed by atoms with Crippen LogP contribution in [0.15, 0.2) is 12.4 Å². The highest BCUT2D eigenvalue weighted by molar-refractivity contribution is 5.66. The van der Waals surface area contributed by atoms with E-state index in [1.165, 1.54) is 0 Å². The topological polar surface area (TPSA) is 85.8 Å². The number of nitrogens with zero attached hydrogens (tertiary/aromatic N) is 5. The minimum atomic E-state index is -0.753. The largest absolute Gasteiger partial charge is 0.481 e. The molecular formula is C13H19N5O2. The molecule has 0 atom stereocenters. The molecule has 0 saturated carbocycles. The van der Waals surface area contributed by atoms with Gasteiger partial charge in [0.05, 0.1) is 23.8 Å². The predicted octanol–water partition coefficient (Wildman–Crippen LogP) is 1.36. The molecular weight excluding hydrogens is 258 g/mol. The molecule has 0 saturated heterocycles. The number of aryl methyl sites for hydroxylation is 3. The van der Waals surface area contributed by atoms with Gasteiger partial charge in [0, 0.05) is 13.5 Å². The maximum Gasteiger partial charge on any atom is 0.303 e. The normalized spacial score (nSPS) is 10.9. The van der Waals surface area contributed by atoms with Crippen LogP contribution in [0.25, 0.3) is 5.69 Å². The molecule has 1 N–H and O–H groups in total. The molecule has 0 fully saturated rings. The lowest BCUT2D eigenvalue weighted by Gasteiger charge is -1.97. The molecule has 0 aliphatic carbocycles. The van der Waals surface area contributed by atoms with E-state index in [0.29, 0.717) is 6.42 Å². The lowest BCUT2D eigenvalue weighted by Crippen LogP contribution is -1.97. The van der Waals surface area contributed by atoms with Crippen molar-refractivity contribution >= 4 is 5.97 Å². The van der Waals surface area contributed by atoms with E-state index in [2.05, 4.69) is 22.3 Å². The van der Waals surface area contributed by atoms with E-state index < -0.39 is 5.97 Å². The number of carboxylic acids is 1. The van der Waals surface area contributed by atoms with Gasteiger partial charge < -0.3 is 5.11 Å². The first-order chi connectivity index (χ1) is 9.60. The summed E-state index contributed by atoms with van der Waals surface area (Å²) in [6.07, 6.45) is 7.06. The minimum absolute atomic E-state index is 0.205. The Morgan fingerprint density at radius 2 is 2.15 bits per heavy atom. The van der Waals surface area contributed by atoms with Crippen LogP contribution in [0.4, 0.5) is 0 Å². The van der Waals surface area contributed by atoms with E-state index in [0.717, 1.165) is 36.3 Å². The van der Waals surface area contributed by atoms with Gasteiger partial charge in [-0.3, -0.25) is 9.48 Å². The molecule has 0 aliphatic heterocycles. The highest BCUT2D eigenvalue weighted by atomic mass is 16.4. The summed E-state index contributed by atoms with van der Waals surface area (Å²) in [7, 11) is 1.88. The SMILES string of the molecule is CCc1nn(C)cc1-n1cc(CCCCC(=O)O)nn1. The number of carbonyl (C=O) groups is 1. The highest BCUT2D eigenvalue weighted by Crippen LogP contribution is 2.13. The maximum atomic E-state index is 10.4. The fraction of sp³-hybridized carbons (Fsp3) is 0.538. The smallest absolute Gasteiger partial charge is 0.303 e. The fourth-order valence-electron chi connectivity index (χ4n) is 2.08. The first-order valence-electron chi connectivity index (χ1n) is 6.76. The maximum absolute atomic E-state index is 10.4. The molecule has 0 aliphatic rings. The molecule has 2 aromatic heterocycles. The molecule has 0 spiro atoms. The zero-order valence-electron chi connectivity index (χ0n) is 11.8. The Morgan fingerprint density at radius 3 is 2.85 bits per heavy atom. The molecule has 108 valence electrons. The molecule has 20 heavy (non-hydrogen) atoms. The fourth-order valence-corrected chi connectivity index (χ4v) is 2.08. The number of hydrogen-bond donors (Lipinski definition) is 1. The first kappa shape index (κ1) is 14.2. The molecule has 0 amide bonds. The van der Waals surface area contributed by atoms with Gasteiger partial charge in [0.2, 0.25) is 0 Å². The van der Waals surface area contributed by atoms with E-state index in [4.69, 9.17) is 5.11 Å². The average Bonchev–Trinajstić information content (AvgIpc) is 3.00. The van der Waals surface area contributed by atoms with Gasteiger partial charge in [-0.15, -0.1) is 5.10 Å². The lowest BCUT2D eigenvalue weighted by molar-refractivity contribution is -0.137. The van der Waals surface area contributed by atoms with Crippen molar-refractivity contribution in [2.24, 2.45) is 7.05 Å².